The highest BCUT2D eigenvalue weighted by Gasteiger charge is 2.45. The van der Waals surface area contributed by atoms with Crippen molar-refractivity contribution >= 4 is 29.1 Å². The average Bonchev–Trinajstić information content (AvgIpc) is 2.60. The summed E-state index contributed by atoms with van der Waals surface area (Å²) in [5, 5.41) is 0.623. The van der Waals surface area contributed by atoms with Crippen molar-refractivity contribution in [3.8, 4) is 0 Å². The number of ether oxygens (including phenoxy) is 1. The maximum atomic E-state index is 13.1. The molecule has 0 saturated heterocycles. The molecule has 4 nitrogen and oxygen atoms in total. The first kappa shape index (κ1) is 20.8. The summed E-state index contributed by atoms with van der Waals surface area (Å²) < 4.78 is 5.54. The first-order chi connectivity index (χ1) is 13.2. The van der Waals surface area contributed by atoms with Crippen LogP contribution >= 0.6 is 11.6 Å². The van der Waals surface area contributed by atoms with E-state index in [0.29, 0.717) is 29.3 Å². The van der Waals surface area contributed by atoms with E-state index in [2.05, 4.69) is 20.8 Å². The first-order valence-electron chi connectivity index (χ1n) is 9.97. The Kier molecular flexibility index (Phi) is 6.09. The second-order valence-electron chi connectivity index (χ2n) is 8.58. The molecule has 28 heavy (non-hydrogen) atoms. The predicted octanol–water partition coefficient (Wildman–Crippen LogP) is 5.50. The lowest BCUT2D eigenvalue weighted by Gasteiger charge is -2.39. The van der Waals surface area contributed by atoms with E-state index in [4.69, 9.17) is 21.3 Å². The molecule has 1 aliphatic heterocycles. The highest BCUT2D eigenvalue weighted by Crippen LogP contribution is 2.48. The molecule has 0 amide bonds. The first-order valence-corrected chi connectivity index (χ1v) is 10.3. The van der Waals surface area contributed by atoms with Crippen LogP contribution in [0.15, 0.2) is 40.5 Å². The molecule has 1 aromatic rings. The largest absolute Gasteiger partial charge is 0.465 e. The van der Waals surface area contributed by atoms with Crippen LogP contribution in [-0.2, 0) is 14.3 Å². The van der Waals surface area contributed by atoms with Gasteiger partial charge in [-0.3, -0.25) is 14.6 Å². The molecule has 1 heterocycles. The van der Waals surface area contributed by atoms with Gasteiger partial charge in [0.15, 0.2) is 5.78 Å². The molecule has 1 unspecified atom stereocenters. The SMILES string of the molecule is CCCCOC(=O)C1C(C)=NC2=C(C(=O)CC(C)(C)C2)[C@H]1c1ccc(Cl)cc1. The Hall–Kier alpha value is -1.94. The Morgan fingerprint density at radius 3 is 2.57 bits per heavy atom. The van der Waals surface area contributed by atoms with E-state index < -0.39 is 5.92 Å². The molecule has 0 fully saturated rings. The van der Waals surface area contributed by atoms with Gasteiger partial charge in [-0.15, -0.1) is 0 Å². The van der Waals surface area contributed by atoms with Gasteiger partial charge >= 0.3 is 5.97 Å². The third-order valence-electron chi connectivity index (χ3n) is 5.53. The van der Waals surface area contributed by atoms with E-state index in [0.717, 1.165) is 30.5 Å². The predicted molar refractivity (Wildman–Crippen MR) is 112 cm³/mol. The van der Waals surface area contributed by atoms with Crippen molar-refractivity contribution in [1.82, 2.24) is 0 Å². The molecular formula is C23H28ClNO3. The zero-order valence-electron chi connectivity index (χ0n) is 17.0. The summed E-state index contributed by atoms with van der Waals surface area (Å²) in [7, 11) is 0. The maximum Gasteiger partial charge on any atom is 0.315 e. The molecule has 2 aliphatic rings. The molecule has 5 heteroatoms. The van der Waals surface area contributed by atoms with Crippen molar-refractivity contribution in [2.45, 2.75) is 59.3 Å². The minimum Gasteiger partial charge on any atom is -0.465 e. The number of benzene rings is 1. The lowest BCUT2D eigenvalue weighted by molar-refractivity contribution is -0.146. The molecule has 0 radical (unpaired) electrons. The van der Waals surface area contributed by atoms with E-state index >= 15 is 0 Å². The number of ketones is 1. The monoisotopic (exact) mass is 401 g/mol. The fourth-order valence-corrected chi connectivity index (χ4v) is 4.31. The van der Waals surface area contributed by atoms with Gasteiger partial charge in [-0.2, -0.15) is 0 Å². The summed E-state index contributed by atoms with van der Waals surface area (Å²) in [4.78, 5) is 30.8. The average molecular weight is 402 g/mol. The van der Waals surface area contributed by atoms with Crippen LogP contribution in [0, 0.1) is 11.3 Å². The van der Waals surface area contributed by atoms with Gasteiger partial charge in [0.2, 0.25) is 0 Å². The van der Waals surface area contributed by atoms with Crippen molar-refractivity contribution in [3.05, 3.63) is 46.1 Å². The molecular weight excluding hydrogens is 374 g/mol. The lowest BCUT2D eigenvalue weighted by atomic mass is 9.67. The molecule has 0 aromatic heterocycles. The topological polar surface area (TPSA) is 55.7 Å². The van der Waals surface area contributed by atoms with Crippen LogP contribution < -0.4 is 0 Å². The number of esters is 1. The summed E-state index contributed by atoms with van der Waals surface area (Å²) >= 11 is 6.07. The van der Waals surface area contributed by atoms with Crippen LogP contribution in [-0.4, -0.2) is 24.1 Å². The maximum absolute atomic E-state index is 13.1. The molecule has 3 rings (SSSR count). The quantitative estimate of drug-likeness (QED) is 0.483. The molecule has 0 N–H and O–H groups in total. The van der Waals surface area contributed by atoms with E-state index in [-0.39, 0.29) is 23.1 Å². The number of carbonyl (C=O) groups is 2. The fraction of sp³-hybridized carbons (Fsp3) is 0.522. The second-order valence-corrected chi connectivity index (χ2v) is 9.02. The molecule has 150 valence electrons. The molecule has 0 spiro atoms. The normalized spacial score (nSPS) is 23.9. The van der Waals surface area contributed by atoms with Crippen molar-refractivity contribution in [1.29, 1.82) is 0 Å². The van der Waals surface area contributed by atoms with Crippen LogP contribution in [0.25, 0.3) is 0 Å². The van der Waals surface area contributed by atoms with Crippen molar-refractivity contribution < 1.29 is 14.3 Å². The van der Waals surface area contributed by atoms with Crippen molar-refractivity contribution in [2.75, 3.05) is 6.61 Å². The third-order valence-corrected chi connectivity index (χ3v) is 5.78. The highest BCUT2D eigenvalue weighted by molar-refractivity contribution is 6.30. The lowest BCUT2D eigenvalue weighted by Crippen LogP contribution is -2.39. The number of carbonyl (C=O) groups excluding carboxylic acids is 2. The Bertz CT molecular complexity index is 836. The Morgan fingerprint density at radius 2 is 1.93 bits per heavy atom. The van der Waals surface area contributed by atoms with E-state index in [1.807, 2.05) is 19.1 Å². The Morgan fingerprint density at radius 1 is 1.25 bits per heavy atom. The summed E-state index contributed by atoms with van der Waals surface area (Å²) in [5.74, 6) is -1.18. The number of nitrogens with zero attached hydrogens (tertiary/aromatic N) is 1. The summed E-state index contributed by atoms with van der Waals surface area (Å²) in [6.45, 7) is 8.48. The number of allylic oxidation sites excluding steroid dienone is 2. The molecule has 0 saturated carbocycles. The van der Waals surface area contributed by atoms with E-state index in [1.165, 1.54) is 0 Å². The van der Waals surface area contributed by atoms with Gasteiger partial charge in [-0.1, -0.05) is 50.9 Å². The van der Waals surface area contributed by atoms with Crippen LogP contribution in [0.1, 0.15) is 64.9 Å². The molecule has 0 bridgehead atoms. The summed E-state index contributed by atoms with van der Waals surface area (Å²) in [6, 6.07) is 7.40. The zero-order valence-corrected chi connectivity index (χ0v) is 17.8. The Balaban J connectivity index is 2.06. The number of hydrogen-bond acceptors (Lipinski definition) is 4. The summed E-state index contributed by atoms with van der Waals surface area (Å²) in [5.41, 5.74) is 2.97. The van der Waals surface area contributed by atoms with Gasteiger partial charge in [0.1, 0.15) is 5.92 Å². The minimum atomic E-state index is -0.582. The Labute approximate surface area is 172 Å². The standard InChI is InChI=1S/C23H28ClNO3/c1-5-6-11-28-22(27)19-14(2)25-17-12-23(3,4)13-18(26)21(17)20(19)15-7-9-16(24)10-8-15/h7-10,19-20H,5-6,11-13H2,1-4H3/t19?,20-/m0/s1. The van der Waals surface area contributed by atoms with Gasteiger partial charge in [0.25, 0.3) is 0 Å². The van der Waals surface area contributed by atoms with Gasteiger partial charge in [-0.25, -0.2) is 0 Å². The zero-order chi connectivity index (χ0) is 20.5. The fourth-order valence-electron chi connectivity index (χ4n) is 4.19. The number of halogens is 1. The number of unbranched alkanes of at least 4 members (excludes halogenated alkanes) is 1. The smallest absolute Gasteiger partial charge is 0.315 e. The van der Waals surface area contributed by atoms with E-state index in [9.17, 15) is 9.59 Å². The number of rotatable bonds is 5. The molecule has 1 aromatic carbocycles. The van der Waals surface area contributed by atoms with Crippen LogP contribution in [0.3, 0.4) is 0 Å². The van der Waals surface area contributed by atoms with Crippen LogP contribution in [0.5, 0.6) is 0 Å². The minimum absolute atomic E-state index is 0.0776. The number of aliphatic imine (C=N–C) groups is 1. The number of hydrogen-bond donors (Lipinski definition) is 0. The summed E-state index contributed by atoms with van der Waals surface area (Å²) in [6.07, 6.45) is 2.96. The molecule has 1 aliphatic carbocycles. The third kappa shape index (κ3) is 4.22. The van der Waals surface area contributed by atoms with Gasteiger partial charge in [0, 0.05) is 34.3 Å². The van der Waals surface area contributed by atoms with Crippen molar-refractivity contribution in [3.63, 3.8) is 0 Å². The van der Waals surface area contributed by atoms with Gasteiger partial charge in [0.05, 0.1) is 6.61 Å². The van der Waals surface area contributed by atoms with Crippen LogP contribution in [0.4, 0.5) is 0 Å². The van der Waals surface area contributed by atoms with Crippen molar-refractivity contribution in [2.24, 2.45) is 16.3 Å². The molecule has 2 atom stereocenters. The second kappa shape index (κ2) is 8.20. The number of Topliss-reactive ketones (excluding diaryl/α,β-unsaturated/α-hetero) is 1. The highest BCUT2D eigenvalue weighted by atomic mass is 35.5. The van der Waals surface area contributed by atoms with E-state index in [1.54, 1.807) is 12.1 Å². The van der Waals surface area contributed by atoms with Gasteiger partial charge in [-0.05, 0) is 42.9 Å². The van der Waals surface area contributed by atoms with Crippen LogP contribution in [0.2, 0.25) is 5.02 Å². The van der Waals surface area contributed by atoms with Gasteiger partial charge < -0.3 is 4.74 Å².